The summed E-state index contributed by atoms with van der Waals surface area (Å²) in [7, 11) is 4.12. The topological polar surface area (TPSA) is 116 Å². The summed E-state index contributed by atoms with van der Waals surface area (Å²) in [5.74, 6) is 1.57. The van der Waals surface area contributed by atoms with Gasteiger partial charge in [0.15, 0.2) is 11.5 Å². The highest BCUT2D eigenvalue weighted by molar-refractivity contribution is 6.48. The van der Waals surface area contributed by atoms with Crippen molar-refractivity contribution in [1.29, 1.82) is 0 Å². The van der Waals surface area contributed by atoms with Gasteiger partial charge < -0.3 is 39.5 Å². The third-order valence-electron chi connectivity index (χ3n) is 12.4. The van der Waals surface area contributed by atoms with Crippen molar-refractivity contribution in [2.45, 2.75) is 104 Å². The first kappa shape index (κ1) is 40.4. The summed E-state index contributed by atoms with van der Waals surface area (Å²) in [6.07, 6.45) is 3.03. The summed E-state index contributed by atoms with van der Waals surface area (Å²) in [6, 6.07) is 20.1. The van der Waals surface area contributed by atoms with Gasteiger partial charge in [0.05, 0.1) is 39.0 Å². The largest absolute Gasteiger partial charge is 0.493 e. The van der Waals surface area contributed by atoms with Crippen LogP contribution >= 0.6 is 0 Å². The van der Waals surface area contributed by atoms with Crippen molar-refractivity contribution >= 4 is 24.6 Å². The number of carbonyl (C=O) groups excluding carboxylic acids is 2. The van der Waals surface area contributed by atoms with Crippen LogP contribution in [-0.2, 0) is 25.3 Å². The highest BCUT2D eigenvalue weighted by atomic mass is 16.7. The van der Waals surface area contributed by atoms with Gasteiger partial charge in [-0.2, -0.15) is 0 Å². The molecular weight excluding hydrogens is 693 g/mol. The van der Waals surface area contributed by atoms with Crippen molar-refractivity contribution in [2.24, 2.45) is 29.1 Å². The molecule has 3 saturated carbocycles. The molecule has 2 amide bonds. The maximum Gasteiger partial charge on any atom is 0.481 e. The Balaban J connectivity index is 1.25. The van der Waals surface area contributed by atoms with Crippen molar-refractivity contribution in [1.82, 2.24) is 10.6 Å². The van der Waals surface area contributed by atoms with Gasteiger partial charge in [-0.25, -0.2) is 0 Å². The number of ether oxygens (including phenoxy) is 3. The van der Waals surface area contributed by atoms with E-state index in [1.807, 2.05) is 62.4 Å². The second-order valence-corrected chi connectivity index (χ2v) is 17.2. The SMILES string of the molecule is COc1ccc(CC(Nc2cccc(-c3ccccc3)c2)C(=O)NC(C(=O)N[C@@H](CC(C)C)B2O[C@@H]3C[C@@H]4C[C@@H](C4(C)C)[C@]3(C)O2)C(C)C)c(OC)c1OC. The zero-order valence-electron chi connectivity index (χ0n) is 34.2. The molecule has 2 unspecified atom stereocenters. The maximum atomic E-state index is 14.5. The van der Waals surface area contributed by atoms with E-state index in [9.17, 15) is 9.59 Å². The molecule has 2 bridgehead atoms. The van der Waals surface area contributed by atoms with Crippen LogP contribution in [0, 0.1) is 29.1 Å². The van der Waals surface area contributed by atoms with Crippen LogP contribution in [-0.4, -0.2) is 70.0 Å². The monoisotopic (exact) mass is 753 g/mol. The lowest BCUT2D eigenvalue weighted by molar-refractivity contribution is -0.199. The minimum atomic E-state index is -0.819. The molecule has 11 heteroatoms. The van der Waals surface area contributed by atoms with E-state index in [-0.39, 0.29) is 47.5 Å². The number of benzene rings is 3. The summed E-state index contributed by atoms with van der Waals surface area (Å²) < 4.78 is 30.5. The molecule has 0 spiro atoms. The second-order valence-electron chi connectivity index (χ2n) is 17.2. The average molecular weight is 754 g/mol. The van der Waals surface area contributed by atoms with Gasteiger partial charge in [0.25, 0.3) is 0 Å². The predicted molar refractivity (Wildman–Crippen MR) is 217 cm³/mol. The molecule has 3 aliphatic carbocycles. The van der Waals surface area contributed by atoms with Crippen LogP contribution in [0.5, 0.6) is 17.2 Å². The summed E-state index contributed by atoms with van der Waals surface area (Å²) in [5.41, 5.74) is 3.38. The van der Waals surface area contributed by atoms with E-state index in [2.05, 4.69) is 62.7 Å². The predicted octanol–water partition coefficient (Wildman–Crippen LogP) is 7.34. The lowest BCUT2D eigenvalue weighted by Crippen LogP contribution is -2.65. The third kappa shape index (κ3) is 8.19. The molecule has 1 aliphatic heterocycles. The molecule has 7 atom stereocenters. The Kier molecular flexibility index (Phi) is 12.1. The van der Waals surface area contributed by atoms with E-state index >= 15 is 0 Å². The molecule has 3 aromatic rings. The van der Waals surface area contributed by atoms with Crippen molar-refractivity contribution < 1.29 is 33.1 Å². The van der Waals surface area contributed by atoms with Gasteiger partial charge in [0.2, 0.25) is 17.6 Å². The molecule has 4 fully saturated rings. The average Bonchev–Trinajstić information content (AvgIpc) is 3.53. The van der Waals surface area contributed by atoms with E-state index in [0.717, 1.165) is 35.2 Å². The molecule has 1 heterocycles. The quantitative estimate of drug-likeness (QED) is 0.130. The summed E-state index contributed by atoms with van der Waals surface area (Å²) in [6.45, 7) is 15.0. The summed E-state index contributed by atoms with van der Waals surface area (Å²) in [4.78, 5) is 28.9. The molecule has 0 aromatic heterocycles. The van der Waals surface area contributed by atoms with Crippen LogP contribution in [0.25, 0.3) is 11.1 Å². The Morgan fingerprint density at radius 3 is 2.18 bits per heavy atom. The van der Waals surface area contributed by atoms with E-state index in [1.165, 1.54) is 0 Å². The van der Waals surface area contributed by atoms with E-state index < -0.39 is 24.8 Å². The van der Waals surface area contributed by atoms with Gasteiger partial charge in [-0.1, -0.05) is 90.1 Å². The zero-order chi connectivity index (χ0) is 39.7. The third-order valence-corrected chi connectivity index (χ3v) is 12.4. The molecule has 55 heavy (non-hydrogen) atoms. The zero-order valence-corrected chi connectivity index (χ0v) is 34.2. The standard InChI is InChI=1S/C44H60BN3O7/c1-26(2)21-37(45-54-36-25-31-24-35(43(31,5)6)44(36,7)55-45)47-42(50)38(27(3)4)48-41(49)33(23-30-19-20-34(51-8)40(53-10)39(30)52-9)46-32-18-14-17-29(22-32)28-15-12-11-13-16-28/h11-20,22,26-27,31,33,35-38,46H,21,23-25H2,1-10H3,(H,47,50)(H,48,49)/t31-,33?,35-,36+,37-,38?,44-/m0/s1. The number of carbonyl (C=O) groups is 2. The number of nitrogens with one attached hydrogen (secondary N) is 3. The van der Waals surface area contributed by atoms with Gasteiger partial charge in [0, 0.05) is 17.7 Å². The fraction of sp³-hybridized carbons (Fsp3) is 0.545. The van der Waals surface area contributed by atoms with Gasteiger partial charge in [-0.15, -0.1) is 0 Å². The van der Waals surface area contributed by atoms with Crippen LogP contribution in [0.3, 0.4) is 0 Å². The van der Waals surface area contributed by atoms with Crippen molar-refractivity contribution in [3.8, 4) is 28.4 Å². The molecule has 3 N–H and O–H groups in total. The second kappa shape index (κ2) is 16.5. The van der Waals surface area contributed by atoms with Gasteiger partial charge in [0.1, 0.15) is 12.1 Å². The number of hydrogen-bond donors (Lipinski definition) is 3. The Morgan fingerprint density at radius 1 is 0.836 bits per heavy atom. The lowest BCUT2D eigenvalue weighted by atomic mass is 9.43. The fourth-order valence-electron chi connectivity index (χ4n) is 9.25. The van der Waals surface area contributed by atoms with Gasteiger partial charge in [-0.05, 0) is 84.6 Å². The highest BCUT2D eigenvalue weighted by Gasteiger charge is 2.68. The molecule has 296 valence electrons. The lowest BCUT2D eigenvalue weighted by Gasteiger charge is -2.64. The Morgan fingerprint density at radius 2 is 1.55 bits per heavy atom. The van der Waals surface area contributed by atoms with Crippen molar-refractivity contribution in [2.75, 3.05) is 26.6 Å². The first-order valence-electron chi connectivity index (χ1n) is 19.8. The molecule has 0 radical (unpaired) electrons. The number of amides is 2. The summed E-state index contributed by atoms with van der Waals surface area (Å²) >= 11 is 0. The molecular formula is C44H60BN3O7. The van der Waals surface area contributed by atoms with Gasteiger partial charge >= 0.3 is 7.12 Å². The number of hydrogen-bond acceptors (Lipinski definition) is 8. The normalized spacial score (nSPS) is 23.9. The Labute approximate surface area is 327 Å². The minimum Gasteiger partial charge on any atom is -0.493 e. The van der Waals surface area contributed by atoms with Crippen LogP contribution in [0.2, 0.25) is 0 Å². The highest BCUT2D eigenvalue weighted by Crippen LogP contribution is 2.65. The van der Waals surface area contributed by atoms with Crippen LogP contribution in [0.15, 0.2) is 66.7 Å². The van der Waals surface area contributed by atoms with Crippen LogP contribution in [0.4, 0.5) is 5.69 Å². The van der Waals surface area contributed by atoms with E-state index in [4.69, 9.17) is 23.5 Å². The molecule has 1 saturated heterocycles. The smallest absolute Gasteiger partial charge is 0.481 e. The Hall–Kier alpha value is -4.22. The first-order valence-corrected chi connectivity index (χ1v) is 19.8. The molecule has 4 aliphatic rings. The van der Waals surface area contributed by atoms with Crippen molar-refractivity contribution in [3.63, 3.8) is 0 Å². The molecule has 10 nitrogen and oxygen atoms in total. The van der Waals surface area contributed by atoms with E-state index in [0.29, 0.717) is 35.5 Å². The van der Waals surface area contributed by atoms with Crippen LogP contribution < -0.4 is 30.2 Å². The van der Waals surface area contributed by atoms with E-state index in [1.54, 1.807) is 27.4 Å². The number of anilines is 1. The first-order chi connectivity index (χ1) is 26.2. The minimum absolute atomic E-state index is 0.00207. The van der Waals surface area contributed by atoms with Crippen molar-refractivity contribution in [3.05, 3.63) is 72.3 Å². The Bertz CT molecular complexity index is 1820. The number of methoxy groups -OCH3 is 3. The number of rotatable bonds is 16. The maximum absolute atomic E-state index is 14.5. The summed E-state index contributed by atoms with van der Waals surface area (Å²) in [5, 5.41) is 9.91. The van der Waals surface area contributed by atoms with Gasteiger partial charge in [-0.3, -0.25) is 9.59 Å². The molecule has 3 aromatic carbocycles. The van der Waals surface area contributed by atoms with Crippen LogP contribution in [0.1, 0.15) is 73.3 Å². The fourth-order valence-corrected chi connectivity index (χ4v) is 9.25. The molecule has 7 rings (SSSR count).